The molecule has 0 saturated carbocycles. The molecule has 0 aliphatic carbocycles. The van der Waals surface area contributed by atoms with Crippen molar-refractivity contribution in [3.05, 3.63) is 48.3 Å². The van der Waals surface area contributed by atoms with E-state index in [1.165, 1.54) is 11.8 Å². The molecule has 0 spiro atoms. The molecule has 21 heavy (non-hydrogen) atoms. The lowest BCUT2D eigenvalue weighted by atomic mass is 10.3. The third-order valence-corrected chi connectivity index (χ3v) is 3.89. The number of carbonyl (C=O) groups is 1. The van der Waals surface area contributed by atoms with Gasteiger partial charge in [0.25, 0.3) is 5.91 Å². The fraction of sp³-hybridized carbons (Fsp3) is 0.214. The van der Waals surface area contributed by atoms with Crippen molar-refractivity contribution in [3.63, 3.8) is 0 Å². The van der Waals surface area contributed by atoms with Gasteiger partial charge in [-0.2, -0.15) is 0 Å². The van der Waals surface area contributed by atoms with E-state index < -0.39 is 0 Å². The van der Waals surface area contributed by atoms with Gasteiger partial charge >= 0.3 is 0 Å². The molecule has 0 saturated heterocycles. The Hall–Kier alpha value is -2.28. The number of hydrogen-bond acceptors (Lipinski definition) is 4. The number of nitrogens with zero attached hydrogens (tertiary/aromatic N) is 4. The molecule has 0 aliphatic rings. The van der Waals surface area contributed by atoms with Crippen molar-refractivity contribution in [1.82, 2.24) is 24.3 Å². The van der Waals surface area contributed by atoms with Crippen LogP contribution in [0.2, 0.25) is 0 Å². The average molecular weight is 301 g/mol. The van der Waals surface area contributed by atoms with E-state index in [1.807, 2.05) is 52.9 Å². The van der Waals surface area contributed by atoms with Gasteiger partial charge in [-0.15, -0.1) is 0 Å². The van der Waals surface area contributed by atoms with Crippen molar-refractivity contribution in [2.75, 3.05) is 6.26 Å². The van der Waals surface area contributed by atoms with Crippen LogP contribution in [0.4, 0.5) is 0 Å². The fourth-order valence-corrected chi connectivity index (χ4v) is 2.67. The van der Waals surface area contributed by atoms with Crippen LogP contribution in [0.25, 0.3) is 5.52 Å². The number of hydrogen-bond donors (Lipinski definition) is 1. The average Bonchev–Trinajstić information content (AvgIpc) is 3.08. The summed E-state index contributed by atoms with van der Waals surface area (Å²) in [6, 6.07) is 5.71. The maximum atomic E-state index is 12.4. The number of pyridine rings is 1. The van der Waals surface area contributed by atoms with Crippen LogP contribution in [-0.2, 0) is 13.6 Å². The van der Waals surface area contributed by atoms with Gasteiger partial charge in [0.15, 0.2) is 10.9 Å². The topological polar surface area (TPSA) is 64.2 Å². The van der Waals surface area contributed by atoms with Gasteiger partial charge in [0.1, 0.15) is 5.82 Å². The highest BCUT2D eigenvalue weighted by Crippen LogP contribution is 2.19. The highest BCUT2D eigenvalue weighted by molar-refractivity contribution is 7.98. The Kier molecular flexibility index (Phi) is 3.66. The summed E-state index contributed by atoms with van der Waals surface area (Å²) in [7, 11) is 1.90. The molecular weight excluding hydrogens is 286 g/mol. The van der Waals surface area contributed by atoms with Crippen LogP contribution in [0.5, 0.6) is 0 Å². The minimum atomic E-state index is -0.193. The van der Waals surface area contributed by atoms with Crippen molar-refractivity contribution < 1.29 is 4.79 Å². The van der Waals surface area contributed by atoms with Crippen LogP contribution in [0.3, 0.4) is 0 Å². The van der Waals surface area contributed by atoms with Crippen LogP contribution in [0.1, 0.15) is 16.3 Å². The molecule has 0 unspecified atom stereocenters. The zero-order valence-corrected chi connectivity index (χ0v) is 12.6. The zero-order valence-electron chi connectivity index (χ0n) is 11.8. The Morgan fingerprint density at radius 3 is 2.95 bits per heavy atom. The minimum absolute atomic E-state index is 0.193. The monoisotopic (exact) mass is 301 g/mol. The van der Waals surface area contributed by atoms with Crippen LogP contribution < -0.4 is 5.32 Å². The molecule has 3 aromatic rings. The summed E-state index contributed by atoms with van der Waals surface area (Å²) in [5.74, 6) is 0.610. The number of thioether (sulfide) groups is 1. The first kappa shape index (κ1) is 13.7. The maximum absolute atomic E-state index is 12.4. The van der Waals surface area contributed by atoms with Crippen LogP contribution in [-0.4, -0.2) is 31.1 Å². The quantitative estimate of drug-likeness (QED) is 0.745. The van der Waals surface area contributed by atoms with E-state index in [-0.39, 0.29) is 5.91 Å². The van der Waals surface area contributed by atoms with E-state index in [1.54, 1.807) is 6.20 Å². The smallest absolute Gasteiger partial charge is 0.272 e. The normalized spacial score (nSPS) is 11.0. The van der Waals surface area contributed by atoms with Gasteiger partial charge in [0.05, 0.1) is 12.1 Å². The lowest BCUT2D eigenvalue weighted by Crippen LogP contribution is -2.24. The summed E-state index contributed by atoms with van der Waals surface area (Å²) >= 11 is 1.51. The third kappa shape index (κ3) is 2.52. The van der Waals surface area contributed by atoms with Gasteiger partial charge in [-0.1, -0.05) is 17.8 Å². The van der Waals surface area contributed by atoms with Gasteiger partial charge in [0, 0.05) is 25.6 Å². The standard InChI is InChI=1S/C14H15N5OS/c1-18-8-6-15-11(18)9-16-13(20)12-10-5-3-4-7-19(10)14(17-12)21-2/h3-8H,9H2,1-2H3,(H,16,20). The largest absolute Gasteiger partial charge is 0.343 e. The molecule has 0 bridgehead atoms. The summed E-state index contributed by atoms with van der Waals surface area (Å²) in [6.07, 6.45) is 7.40. The number of rotatable bonds is 4. The van der Waals surface area contributed by atoms with E-state index in [0.29, 0.717) is 12.2 Å². The molecule has 0 aromatic carbocycles. The van der Waals surface area contributed by atoms with Gasteiger partial charge < -0.3 is 9.88 Å². The van der Waals surface area contributed by atoms with Crippen LogP contribution in [0, 0.1) is 0 Å². The summed E-state index contributed by atoms with van der Waals surface area (Å²) < 4.78 is 3.79. The van der Waals surface area contributed by atoms with Crippen molar-refractivity contribution in [2.24, 2.45) is 7.05 Å². The number of amides is 1. The highest BCUT2D eigenvalue weighted by atomic mass is 32.2. The van der Waals surface area contributed by atoms with Crippen molar-refractivity contribution in [2.45, 2.75) is 11.7 Å². The summed E-state index contributed by atoms with van der Waals surface area (Å²) in [6.45, 7) is 0.378. The minimum Gasteiger partial charge on any atom is -0.343 e. The Morgan fingerprint density at radius 2 is 2.24 bits per heavy atom. The molecule has 3 rings (SSSR count). The van der Waals surface area contributed by atoms with E-state index >= 15 is 0 Å². The third-order valence-electron chi connectivity index (χ3n) is 3.24. The Morgan fingerprint density at radius 1 is 1.38 bits per heavy atom. The van der Waals surface area contributed by atoms with E-state index in [4.69, 9.17) is 0 Å². The number of carbonyl (C=O) groups excluding carboxylic acids is 1. The number of fused-ring (bicyclic) bond motifs is 1. The molecule has 0 radical (unpaired) electrons. The van der Waals surface area contributed by atoms with Crippen LogP contribution >= 0.6 is 11.8 Å². The fourth-order valence-electron chi connectivity index (χ4n) is 2.13. The van der Waals surface area contributed by atoms with Crippen molar-refractivity contribution in [1.29, 1.82) is 0 Å². The Balaban J connectivity index is 1.86. The molecule has 3 aromatic heterocycles. The molecule has 0 aliphatic heterocycles. The van der Waals surface area contributed by atoms with Crippen molar-refractivity contribution in [3.8, 4) is 0 Å². The first-order valence-electron chi connectivity index (χ1n) is 6.46. The number of aromatic nitrogens is 4. The van der Waals surface area contributed by atoms with Gasteiger partial charge in [0.2, 0.25) is 0 Å². The first-order valence-corrected chi connectivity index (χ1v) is 7.68. The molecule has 3 heterocycles. The lowest BCUT2D eigenvalue weighted by molar-refractivity contribution is 0.0946. The SMILES string of the molecule is CSc1nc(C(=O)NCc2nccn2C)c2ccccn12. The molecule has 0 atom stereocenters. The van der Waals surface area contributed by atoms with Crippen molar-refractivity contribution >= 4 is 23.2 Å². The zero-order chi connectivity index (χ0) is 14.8. The molecule has 6 nitrogen and oxygen atoms in total. The molecule has 108 valence electrons. The molecule has 1 amide bonds. The predicted molar refractivity (Wildman–Crippen MR) is 81.4 cm³/mol. The number of nitrogens with one attached hydrogen (secondary N) is 1. The first-order chi connectivity index (χ1) is 10.2. The predicted octanol–water partition coefficient (Wildman–Crippen LogP) is 1.72. The molecule has 0 fully saturated rings. The highest BCUT2D eigenvalue weighted by Gasteiger charge is 2.16. The van der Waals surface area contributed by atoms with E-state index in [9.17, 15) is 4.79 Å². The summed E-state index contributed by atoms with van der Waals surface area (Å²) in [5, 5.41) is 3.66. The Labute approximate surface area is 126 Å². The number of aryl methyl sites for hydroxylation is 1. The van der Waals surface area contributed by atoms with Crippen LogP contribution in [0.15, 0.2) is 41.9 Å². The molecule has 7 heteroatoms. The maximum Gasteiger partial charge on any atom is 0.272 e. The summed E-state index contributed by atoms with van der Waals surface area (Å²) in [5.41, 5.74) is 1.24. The van der Waals surface area contributed by atoms with Gasteiger partial charge in [-0.25, -0.2) is 9.97 Å². The Bertz CT molecular complexity index is 792. The van der Waals surface area contributed by atoms with Gasteiger partial charge in [-0.05, 0) is 18.4 Å². The second kappa shape index (κ2) is 5.61. The molecule has 1 N–H and O–H groups in total. The second-order valence-electron chi connectivity index (χ2n) is 4.54. The van der Waals surface area contributed by atoms with E-state index in [2.05, 4.69) is 15.3 Å². The van der Waals surface area contributed by atoms with E-state index in [0.717, 1.165) is 16.5 Å². The number of imidazole rings is 2. The summed E-state index contributed by atoms with van der Waals surface area (Å²) in [4.78, 5) is 21.0. The lowest BCUT2D eigenvalue weighted by Gasteiger charge is -2.03. The molecular formula is C14H15N5OS. The second-order valence-corrected chi connectivity index (χ2v) is 5.31. The van der Waals surface area contributed by atoms with Gasteiger partial charge in [-0.3, -0.25) is 9.20 Å².